The van der Waals surface area contributed by atoms with E-state index in [-0.39, 0.29) is 4.32 Å². The molecule has 0 aromatic heterocycles. The predicted octanol–water partition coefficient (Wildman–Crippen LogP) is 1.84. The lowest BCUT2D eigenvalue weighted by atomic mass is 9.84. The number of hydrogen-bond donors (Lipinski definition) is 0. The number of halogens is 1. The van der Waals surface area contributed by atoms with Gasteiger partial charge in [-0.2, -0.15) is 0 Å². The SMILES string of the molecule is O=C(N1CCSC1)C1(Br)CCC1. The number of carbonyl (C=O) groups excluding carboxylic acids is 1. The van der Waals surface area contributed by atoms with Crippen LogP contribution in [0.2, 0.25) is 0 Å². The lowest BCUT2D eigenvalue weighted by Crippen LogP contribution is -2.48. The van der Waals surface area contributed by atoms with Gasteiger partial charge in [-0.15, -0.1) is 11.8 Å². The van der Waals surface area contributed by atoms with Crippen molar-refractivity contribution >= 4 is 33.6 Å². The molecule has 0 unspecified atom stereocenters. The van der Waals surface area contributed by atoms with Crippen molar-refractivity contribution in [1.29, 1.82) is 0 Å². The van der Waals surface area contributed by atoms with Gasteiger partial charge in [0.15, 0.2) is 0 Å². The molecule has 2 rings (SSSR count). The molecule has 2 nitrogen and oxygen atoms in total. The van der Waals surface area contributed by atoms with Crippen LogP contribution in [0.4, 0.5) is 0 Å². The summed E-state index contributed by atoms with van der Waals surface area (Å²) in [4.78, 5) is 13.8. The van der Waals surface area contributed by atoms with Crippen molar-refractivity contribution in [1.82, 2.24) is 4.90 Å². The van der Waals surface area contributed by atoms with Crippen molar-refractivity contribution < 1.29 is 4.79 Å². The van der Waals surface area contributed by atoms with Crippen LogP contribution in [0.5, 0.6) is 0 Å². The van der Waals surface area contributed by atoms with Gasteiger partial charge in [-0.05, 0) is 19.3 Å². The van der Waals surface area contributed by atoms with Crippen molar-refractivity contribution in [3.05, 3.63) is 0 Å². The molecule has 1 saturated carbocycles. The average molecular weight is 250 g/mol. The van der Waals surface area contributed by atoms with Gasteiger partial charge in [-0.3, -0.25) is 4.79 Å². The number of alkyl halides is 1. The molecule has 2 fully saturated rings. The largest absolute Gasteiger partial charge is 0.331 e. The molecule has 0 N–H and O–H groups in total. The smallest absolute Gasteiger partial charge is 0.240 e. The molecule has 0 aromatic rings. The van der Waals surface area contributed by atoms with Gasteiger partial charge in [0, 0.05) is 12.3 Å². The first kappa shape index (κ1) is 8.88. The Labute approximate surface area is 85.2 Å². The minimum atomic E-state index is -0.169. The van der Waals surface area contributed by atoms with Crippen molar-refractivity contribution in [2.45, 2.75) is 23.6 Å². The van der Waals surface area contributed by atoms with E-state index in [0.717, 1.165) is 31.0 Å². The summed E-state index contributed by atoms with van der Waals surface area (Å²) >= 11 is 5.39. The van der Waals surface area contributed by atoms with E-state index in [4.69, 9.17) is 0 Å². The van der Waals surface area contributed by atoms with E-state index in [1.807, 2.05) is 16.7 Å². The van der Waals surface area contributed by atoms with Crippen LogP contribution in [0.25, 0.3) is 0 Å². The fraction of sp³-hybridized carbons (Fsp3) is 0.875. The van der Waals surface area contributed by atoms with Crippen LogP contribution in [0, 0.1) is 0 Å². The molecule has 1 saturated heterocycles. The van der Waals surface area contributed by atoms with Crippen LogP contribution >= 0.6 is 27.7 Å². The van der Waals surface area contributed by atoms with Gasteiger partial charge in [0.05, 0.1) is 5.88 Å². The third-order valence-corrected chi connectivity index (χ3v) is 4.67. The summed E-state index contributed by atoms with van der Waals surface area (Å²) in [6.45, 7) is 0.941. The Kier molecular flexibility index (Phi) is 2.38. The van der Waals surface area contributed by atoms with Gasteiger partial charge in [-0.25, -0.2) is 0 Å². The molecule has 0 spiro atoms. The summed E-state index contributed by atoms with van der Waals surface area (Å²) in [5.41, 5.74) is 0. The van der Waals surface area contributed by atoms with Gasteiger partial charge in [0.2, 0.25) is 5.91 Å². The lowest BCUT2D eigenvalue weighted by molar-refractivity contribution is -0.134. The first-order valence-corrected chi connectivity index (χ1v) is 6.23. The first-order chi connectivity index (χ1) is 5.72. The zero-order valence-corrected chi connectivity index (χ0v) is 9.29. The van der Waals surface area contributed by atoms with Crippen LogP contribution in [0.1, 0.15) is 19.3 Å². The maximum atomic E-state index is 11.8. The number of carbonyl (C=O) groups is 1. The number of rotatable bonds is 1. The highest BCUT2D eigenvalue weighted by Crippen LogP contribution is 2.42. The quantitative estimate of drug-likeness (QED) is 0.662. The second-order valence-corrected chi connectivity index (χ2v) is 6.02. The van der Waals surface area contributed by atoms with Crippen LogP contribution in [0.15, 0.2) is 0 Å². The van der Waals surface area contributed by atoms with Crippen molar-refractivity contribution in [2.24, 2.45) is 0 Å². The van der Waals surface area contributed by atoms with E-state index in [9.17, 15) is 4.79 Å². The number of hydrogen-bond acceptors (Lipinski definition) is 2. The lowest BCUT2D eigenvalue weighted by Gasteiger charge is -2.37. The van der Waals surface area contributed by atoms with Crippen molar-refractivity contribution in [2.75, 3.05) is 18.2 Å². The molecule has 68 valence electrons. The van der Waals surface area contributed by atoms with Crippen molar-refractivity contribution in [3.63, 3.8) is 0 Å². The Morgan fingerprint density at radius 2 is 2.25 bits per heavy atom. The molecule has 0 bridgehead atoms. The maximum Gasteiger partial charge on any atom is 0.240 e. The standard InChI is InChI=1S/C8H12BrNOS/c9-8(2-1-3-8)7(11)10-4-5-12-6-10/h1-6H2. The number of amides is 1. The van der Waals surface area contributed by atoms with Crippen LogP contribution in [-0.4, -0.2) is 33.3 Å². The Bertz CT molecular complexity index is 199. The van der Waals surface area contributed by atoms with Crippen LogP contribution in [-0.2, 0) is 4.79 Å². The summed E-state index contributed by atoms with van der Waals surface area (Å²) in [7, 11) is 0. The number of thioether (sulfide) groups is 1. The number of nitrogens with zero attached hydrogens (tertiary/aromatic N) is 1. The van der Waals surface area contributed by atoms with E-state index in [2.05, 4.69) is 15.9 Å². The Hall–Kier alpha value is 0.300. The van der Waals surface area contributed by atoms with E-state index in [1.165, 1.54) is 6.42 Å². The molecule has 2 aliphatic rings. The minimum Gasteiger partial charge on any atom is -0.331 e. The summed E-state index contributed by atoms with van der Waals surface area (Å²) < 4.78 is -0.169. The van der Waals surface area contributed by atoms with E-state index < -0.39 is 0 Å². The fourth-order valence-corrected chi connectivity index (χ4v) is 3.32. The normalized spacial score (nSPS) is 26.9. The van der Waals surface area contributed by atoms with Crippen LogP contribution in [0.3, 0.4) is 0 Å². The van der Waals surface area contributed by atoms with Gasteiger partial charge in [0.1, 0.15) is 4.32 Å². The van der Waals surface area contributed by atoms with Gasteiger partial charge < -0.3 is 4.90 Å². The summed E-state index contributed by atoms with van der Waals surface area (Å²) in [5.74, 6) is 2.32. The fourth-order valence-electron chi connectivity index (χ4n) is 1.56. The topological polar surface area (TPSA) is 20.3 Å². The third-order valence-electron chi connectivity index (χ3n) is 2.57. The first-order valence-electron chi connectivity index (χ1n) is 4.28. The molecular formula is C8H12BrNOS. The molecule has 0 radical (unpaired) electrons. The zero-order valence-electron chi connectivity index (χ0n) is 6.88. The van der Waals surface area contributed by atoms with E-state index in [0.29, 0.717) is 5.91 Å². The monoisotopic (exact) mass is 249 g/mol. The molecule has 1 amide bonds. The van der Waals surface area contributed by atoms with Gasteiger partial charge in [0.25, 0.3) is 0 Å². The van der Waals surface area contributed by atoms with Gasteiger partial charge in [-0.1, -0.05) is 15.9 Å². The Balaban J connectivity index is 1.98. The highest BCUT2D eigenvalue weighted by molar-refractivity contribution is 9.10. The molecule has 1 aliphatic carbocycles. The van der Waals surface area contributed by atoms with Crippen LogP contribution < -0.4 is 0 Å². The molecule has 1 aliphatic heterocycles. The third kappa shape index (κ3) is 1.39. The second kappa shape index (κ2) is 3.22. The van der Waals surface area contributed by atoms with Gasteiger partial charge >= 0.3 is 0 Å². The Morgan fingerprint density at radius 1 is 1.50 bits per heavy atom. The second-order valence-electron chi connectivity index (χ2n) is 3.42. The predicted molar refractivity (Wildman–Crippen MR) is 54.5 cm³/mol. The summed E-state index contributed by atoms with van der Waals surface area (Å²) in [6, 6.07) is 0. The molecule has 1 heterocycles. The zero-order chi connectivity index (χ0) is 8.60. The molecule has 0 atom stereocenters. The minimum absolute atomic E-state index is 0.169. The van der Waals surface area contributed by atoms with Crippen molar-refractivity contribution in [3.8, 4) is 0 Å². The molecule has 12 heavy (non-hydrogen) atoms. The summed E-state index contributed by atoms with van der Waals surface area (Å²) in [6.07, 6.45) is 3.23. The summed E-state index contributed by atoms with van der Waals surface area (Å²) in [5, 5.41) is 0. The molecular weight excluding hydrogens is 238 g/mol. The maximum absolute atomic E-state index is 11.8. The average Bonchev–Trinajstić information content (AvgIpc) is 2.50. The highest BCUT2D eigenvalue weighted by Gasteiger charge is 2.44. The Morgan fingerprint density at radius 3 is 2.67 bits per heavy atom. The highest BCUT2D eigenvalue weighted by atomic mass is 79.9. The molecule has 4 heteroatoms. The van der Waals surface area contributed by atoms with E-state index >= 15 is 0 Å². The molecule has 0 aromatic carbocycles. The van der Waals surface area contributed by atoms with E-state index in [1.54, 1.807) is 0 Å².